The van der Waals surface area contributed by atoms with Gasteiger partial charge in [-0.1, -0.05) is 127 Å². The summed E-state index contributed by atoms with van der Waals surface area (Å²) in [5.74, 6) is 0. The van der Waals surface area contributed by atoms with E-state index in [1.165, 1.54) is 74.1 Å². The molecule has 2 heteroatoms. The van der Waals surface area contributed by atoms with Crippen molar-refractivity contribution in [1.82, 2.24) is 0 Å². The number of rotatable bonds is 4. The first-order valence-corrected chi connectivity index (χ1v) is 15.2. The van der Waals surface area contributed by atoms with Crippen molar-refractivity contribution < 1.29 is 0 Å². The molecule has 0 aliphatic carbocycles. The average Bonchev–Trinajstić information content (AvgIpc) is 3.60. The molecule has 0 atom stereocenters. The van der Waals surface area contributed by atoms with Gasteiger partial charge in [0.25, 0.3) is 0 Å². The van der Waals surface area contributed by atoms with E-state index in [0.29, 0.717) is 0 Å². The van der Waals surface area contributed by atoms with Crippen molar-refractivity contribution in [2.45, 2.75) is 0 Å². The predicted molar refractivity (Wildman–Crippen MR) is 176 cm³/mol. The topological polar surface area (TPSA) is 0 Å². The Morgan fingerprint density at radius 1 is 0.350 bits per heavy atom. The molecule has 2 heterocycles. The first-order valence-electron chi connectivity index (χ1n) is 13.5. The zero-order chi connectivity index (χ0) is 26.5. The van der Waals surface area contributed by atoms with Crippen molar-refractivity contribution in [2.75, 3.05) is 0 Å². The van der Waals surface area contributed by atoms with Crippen molar-refractivity contribution in [3.8, 4) is 43.1 Å². The van der Waals surface area contributed by atoms with Crippen LogP contribution in [-0.4, -0.2) is 0 Å². The fourth-order valence-corrected chi connectivity index (χ4v) is 8.31. The summed E-state index contributed by atoms with van der Waals surface area (Å²) < 4.78 is 2.67. The smallest absolute Gasteiger partial charge is 0.0434 e. The third-order valence-corrected chi connectivity index (χ3v) is 10.1. The lowest BCUT2D eigenvalue weighted by molar-refractivity contribution is 1.62. The van der Waals surface area contributed by atoms with Gasteiger partial charge in [0, 0.05) is 46.3 Å². The Bertz CT molecular complexity index is 2150. The zero-order valence-corrected chi connectivity index (χ0v) is 23.3. The molecule has 0 saturated heterocycles. The van der Waals surface area contributed by atoms with E-state index in [1.54, 1.807) is 0 Å². The second kappa shape index (κ2) is 9.60. The molecular weight excluding hydrogens is 521 g/mol. The van der Waals surface area contributed by atoms with Gasteiger partial charge in [-0.05, 0) is 46.0 Å². The molecule has 0 saturated carbocycles. The maximum Gasteiger partial charge on any atom is 0.0434 e. The van der Waals surface area contributed by atoms with Crippen molar-refractivity contribution in [3.05, 3.63) is 146 Å². The maximum absolute atomic E-state index is 2.35. The summed E-state index contributed by atoms with van der Waals surface area (Å²) in [7, 11) is 0. The molecule has 0 bridgehead atoms. The first-order chi connectivity index (χ1) is 19.8. The Balaban J connectivity index is 1.42. The van der Waals surface area contributed by atoms with Gasteiger partial charge < -0.3 is 0 Å². The lowest BCUT2D eigenvalue weighted by Crippen LogP contribution is -1.85. The fourth-order valence-electron chi connectivity index (χ4n) is 5.89. The summed E-state index contributed by atoms with van der Waals surface area (Å²) >= 11 is 3.79. The van der Waals surface area contributed by atoms with E-state index in [-0.39, 0.29) is 0 Å². The highest BCUT2D eigenvalue weighted by Crippen LogP contribution is 2.50. The Labute approximate surface area is 241 Å². The molecule has 0 radical (unpaired) electrons. The van der Waals surface area contributed by atoms with Gasteiger partial charge in [-0.15, -0.1) is 22.7 Å². The van der Waals surface area contributed by atoms with Gasteiger partial charge in [-0.25, -0.2) is 0 Å². The van der Waals surface area contributed by atoms with Crippen LogP contribution in [0.3, 0.4) is 0 Å². The molecule has 40 heavy (non-hydrogen) atoms. The van der Waals surface area contributed by atoms with Crippen molar-refractivity contribution in [1.29, 1.82) is 0 Å². The van der Waals surface area contributed by atoms with Crippen molar-refractivity contribution >= 4 is 53.6 Å². The molecule has 0 spiro atoms. The van der Waals surface area contributed by atoms with Crippen LogP contribution in [-0.2, 0) is 0 Å². The highest BCUT2D eigenvalue weighted by Gasteiger charge is 2.21. The van der Waals surface area contributed by atoms with Gasteiger partial charge >= 0.3 is 0 Å². The van der Waals surface area contributed by atoms with E-state index in [0.717, 1.165) is 0 Å². The Morgan fingerprint density at radius 2 is 0.950 bits per heavy atom. The molecule has 8 aromatic rings. The standard InChI is InChI=1S/C38H24S2/c1-3-12-25(13-4-1)27-16-11-17-28(24-27)37-29-18-7-8-19-30(29)38(40-37)32-22-23-34-36(31-20-9-10-21-33(31)39-34)35(32)26-14-5-2-6-15-26/h1-24H. The molecule has 0 N–H and O–H groups in total. The molecule has 0 nitrogen and oxygen atoms in total. The molecule has 0 unspecified atom stereocenters. The molecule has 0 amide bonds. The molecule has 6 aromatic carbocycles. The molecule has 0 aliphatic heterocycles. The van der Waals surface area contributed by atoms with E-state index in [1.807, 2.05) is 22.7 Å². The number of hydrogen-bond acceptors (Lipinski definition) is 2. The van der Waals surface area contributed by atoms with Gasteiger partial charge in [0.2, 0.25) is 0 Å². The normalized spacial score (nSPS) is 11.5. The van der Waals surface area contributed by atoms with Gasteiger partial charge in [0.05, 0.1) is 0 Å². The molecule has 0 fully saturated rings. The van der Waals surface area contributed by atoms with E-state index >= 15 is 0 Å². The molecule has 0 aliphatic rings. The lowest BCUT2D eigenvalue weighted by Gasteiger charge is -2.12. The molecule has 8 rings (SSSR count). The summed E-state index contributed by atoms with van der Waals surface area (Å²) in [5, 5.41) is 5.31. The quantitative estimate of drug-likeness (QED) is 0.207. The Kier molecular flexibility index (Phi) is 5.62. The van der Waals surface area contributed by atoms with Crippen molar-refractivity contribution in [3.63, 3.8) is 0 Å². The number of fused-ring (bicyclic) bond motifs is 4. The minimum Gasteiger partial charge on any atom is -0.135 e. The second-order valence-corrected chi connectivity index (χ2v) is 12.2. The lowest BCUT2D eigenvalue weighted by atomic mass is 9.92. The highest BCUT2D eigenvalue weighted by atomic mass is 32.1. The monoisotopic (exact) mass is 544 g/mol. The zero-order valence-electron chi connectivity index (χ0n) is 21.7. The summed E-state index contributed by atoms with van der Waals surface area (Å²) in [6, 6.07) is 53.0. The van der Waals surface area contributed by atoms with E-state index in [4.69, 9.17) is 0 Å². The van der Waals surface area contributed by atoms with Crippen molar-refractivity contribution in [2.24, 2.45) is 0 Å². The van der Waals surface area contributed by atoms with Crippen LogP contribution in [0.25, 0.3) is 74.1 Å². The summed E-state index contributed by atoms with van der Waals surface area (Å²) in [6.45, 7) is 0. The van der Waals surface area contributed by atoms with E-state index in [2.05, 4.69) is 146 Å². The first kappa shape index (κ1) is 23.4. The van der Waals surface area contributed by atoms with Gasteiger partial charge in [-0.2, -0.15) is 0 Å². The molecule has 188 valence electrons. The second-order valence-electron chi connectivity index (χ2n) is 10.1. The highest BCUT2D eigenvalue weighted by molar-refractivity contribution is 7.26. The molecule has 2 aromatic heterocycles. The van der Waals surface area contributed by atoms with Crippen LogP contribution in [0.15, 0.2) is 146 Å². The Hall–Kier alpha value is -4.50. The largest absolute Gasteiger partial charge is 0.135 e. The SMILES string of the molecule is c1ccc(-c2cccc(-c3sc(-c4ccc5sc6ccccc6c5c4-c4ccccc4)c4ccccc34)c2)cc1. The maximum atomic E-state index is 2.35. The van der Waals surface area contributed by atoms with Crippen LogP contribution in [0, 0.1) is 0 Å². The van der Waals surface area contributed by atoms with Crippen LogP contribution in [0.5, 0.6) is 0 Å². The van der Waals surface area contributed by atoms with Gasteiger partial charge in [0.15, 0.2) is 0 Å². The third-order valence-electron chi connectivity index (χ3n) is 7.70. The number of hydrogen-bond donors (Lipinski definition) is 0. The summed E-state index contributed by atoms with van der Waals surface area (Å²) in [5.41, 5.74) is 7.63. The van der Waals surface area contributed by atoms with Crippen LogP contribution in [0.2, 0.25) is 0 Å². The number of thiophene rings is 2. The molecular formula is C38H24S2. The van der Waals surface area contributed by atoms with E-state index < -0.39 is 0 Å². The minimum absolute atomic E-state index is 1.24. The van der Waals surface area contributed by atoms with Crippen LogP contribution in [0.4, 0.5) is 0 Å². The Morgan fingerprint density at radius 3 is 1.73 bits per heavy atom. The van der Waals surface area contributed by atoms with Crippen LogP contribution < -0.4 is 0 Å². The van der Waals surface area contributed by atoms with Crippen LogP contribution in [0.1, 0.15) is 0 Å². The van der Waals surface area contributed by atoms with Gasteiger partial charge in [0.1, 0.15) is 0 Å². The number of benzene rings is 6. The predicted octanol–water partition coefficient (Wildman–Crippen LogP) is 11.9. The minimum atomic E-state index is 1.24. The van der Waals surface area contributed by atoms with Gasteiger partial charge in [-0.3, -0.25) is 0 Å². The fraction of sp³-hybridized carbons (Fsp3) is 0. The average molecular weight is 545 g/mol. The third kappa shape index (κ3) is 3.80. The summed E-state index contributed by atoms with van der Waals surface area (Å²) in [4.78, 5) is 2.64. The van der Waals surface area contributed by atoms with E-state index in [9.17, 15) is 0 Å². The van der Waals surface area contributed by atoms with Crippen LogP contribution >= 0.6 is 22.7 Å². The summed E-state index contributed by atoms with van der Waals surface area (Å²) in [6.07, 6.45) is 0.